The Labute approximate surface area is 215 Å². The number of nitrogens with zero attached hydrogens (tertiary/aromatic N) is 2. The van der Waals surface area contributed by atoms with Gasteiger partial charge in [0.2, 0.25) is 0 Å². The van der Waals surface area contributed by atoms with Gasteiger partial charge in [0.25, 0.3) is 11.6 Å². The highest BCUT2D eigenvalue weighted by Gasteiger charge is 2.16. The van der Waals surface area contributed by atoms with Crippen molar-refractivity contribution in [1.29, 1.82) is 5.26 Å². The molecule has 0 aliphatic rings. The van der Waals surface area contributed by atoms with Gasteiger partial charge in [-0.2, -0.15) is 5.26 Å². The molecule has 35 heavy (non-hydrogen) atoms. The zero-order valence-corrected chi connectivity index (χ0v) is 20.8. The molecule has 0 atom stereocenters. The predicted molar refractivity (Wildman–Crippen MR) is 136 cm³/mol. The van der Waals surface area contributed by atoms with Crippen molar-refractivity contribution in [2.24, 2.45) is 0 Å². The van der Waals surface area contributed by atoms with Crippen LogP contribution in [0.3, 0.4) is 0 Å². The number of amides is 1. The van der Waals surface area contributed by atoms with Crippen molar-refractivity contribution in [3.63, 3.8) is 0 Å². The summed E-state index contributed by atoms with van der Waals surface area (Å²) >= 11 is 9.53. The quantitative estimate of drug-likeness (QED) is 0.139. The highest BCUT2D eigenvalue weighted by Crippen LogP contribution is 2.38. The minimum Gasteiger partial charge on any atom is -0.490 e. The van der Waals surface area contributed by atoms with Crippen molar-refractivity contribution in [1.82, 2.24) is 0 Å². The standard InChI is InChI=1S/C25H19BrClN3O5/c1-2-34-23-13-17(10-18(14-28)25(31)29-22-9-4-3-8-21(22)27)12-20(26)24(23)35-15-16-6-5-7-19(11-16)30(32)33/h3-13H,2,15H2,1H3,(H,29,31)/b18-10+. The van der Waals surface area contributed by atoms with Crippen molar-refractivity contribution in [3.05, 3.63) is 97.0 Å². The van der Waals surface area contributed by atoms with Crippen molar-refractivity contribution < 1.29 is 19.2 Å². The van der Waals surface area contributed by atoms with E-state index in [0.717, 1.165) is 0 Å². The topological polar surface area (TPSA) is 114 Å². The van der Waals surface area contributed by atoms with E-state index in [0.29, 0.717) is 44.4 Å². The fourth-order valence-electron chi connectivity index (χ4n) is 3.06. The Bertz CT molecular complexity index is 1340. The van der Waals surface area contributed by atoms with Crippen LogP contribution in [0.5, 0.6) is 11.5 Å². The van der Waals surface area contributed by atoms with Crippen LogP contribution in [-0.4, -0.2) is 17.4 Å². The smallest absolute Gasteiger partial charge is 0.269 e. The summed E-state index contributed by atoms with van der Waals surface area (Å²) in [7, 11) is 0. The third kappa shape index (κ3) is 6.82. The lowest BCUT2D eigenvalue weighted by atomic mass is 10.1. The molecule has 0 aliphatic heterocycles. The summed E-state index contributed by atoms with van der Waals surface area (Å²) in [4.78, 5) is 23.2. The summed E-state index contributed by atoms with van der Waals surface area (Å²) in [5.74, 6) is 0.151. The number of hydrogen-bond acceptors (Lipinski definition) is 6. The fraction of sp³-hybridized carbons (Fsp3) is 0.120. The highest BCUT2D eigenvalue weighted by molar-refractivity contribution is 9.10. The van der Waals surface area contributed by atoms with Crippen molar-refractivity contribution in [2.45, 2.75) is 13.5 Å². The number of nitro benzene ring substituents is 1. The maximum atomic E-state index is 12.6. The average molecular weight is 557 g/mol. The zero-order valence-electron chi connectivity index (χ0n) is 18.5. The van der Waals surface area contributed by atoms with Gasteiger partial charge in [-0.25, -0.2) is 0 Å². The lowest BCUT2D eigenvalue weighted by molar-refractivity contribution is -0.384. The van der Waals surface area contributed by atoms with E-state index in [9.17, 15) is 20.2 Å². The highest BCUT2D eigenvalue weighted by atomic mass is 79.9. The third-order valence-corrected chi connectivity index (χ3v) is 5.55. The van der Waals surface area contributed by atoms with Crippen molar-refractivity contribution >= 4 is 50.9 Å². The third-order valence-electron chi connectivity index (χ3n) is 4.63. The van der Waals surface area contributed by atoms with E-state index in [1.807, 2.05) is 6.07 Å². The maximum absolute atomic E-state index is 12.6. The molecule has 1 N–H and O–H groups in total. The van der Waals surface area contributed by atoms with Gasteiger partial charge < -0.3 is 14.8 Å². The van der Waals surface area contributed by atoms with Gasteiger partial charge in [-0.3, -0.25) is 14.9 Å². The number of para-hydroxylation sites is 1. The number of benzene rings is 3. The molecular formula is C25H19BrClN3O5. The molecule has 8 nitrogen and oxygen atoms in total. The van der Waals surface area contributed by atoms with Gasteiger partial charge in [0, 0.05) is 12.1 Å². The van der Waals surface area contributed by atoms with E-state index in [-0.39, 0.29) is 17.9 Å². The molecular weight excluding hydrogens is 538 g/mol. The van der Waals surface area contributed by atoms with E-state index < -0.39 is 10.8 Å². The van der Waals surface area contributed by atoms with Gasteiger partial charge in [-0.1, -0.05) is 35.9 Å². The Balaban J connectivity index is 1.86. The molecule has 0 fully saturated rings. The van der Waals surface area contributed by atoms with Gasteiger partial charge >= 0.3 is 0 Å². The molecule has 0 radical (unpaired) electrons. The molecule has 0 aromatic heterocycles. The summed E-state index contributed by atoms with van der Waals surface area (Å²) in [6.45, 7) is 2.21. The van der Waals surface area contributed by atoms with Crippen molar-refractivity contribution in [2.75, 3.05) is 11.9 Å². The summed E-state index contributed by atoms with van der Waals surface area (Å²) in [6, 6.07) is 18.1. The van der Waals surface area contributed by atoms with Gasteiger partial charge in [-0.05, 0) is 64.3 Å². The summed E-state index contributed by atoms with van der Waals surface area (Å²) < 4.78 is 12.1. The molecule has 0 saturated carbocycles. The number of carbonyl (C=O) groups excluding carboxylic acids is 1. The SMILES string of the molecule is CCOc1cc(/C=C(\C#N)C(=O)Nc2ccccc2Cl)cc(Br)c1OCc1cccc([N+](=O)[O-])c1. The number of nitrogens with one attached hydrogen (secondary N) is 1. The molecule has 0 bridgehead atoms. The number of anilines is 1. The number of nitriles is 1. The normalized spacial score (nSPS) is 10.9. The molecule has 0 aliphatic carbocycles. The monoisotopic (exact) mass is 555 g/mol. The van der Waals surface area contributed by atoms with Gasteiger partial charge in [-0.15, -0.1) is 0 Å². The molecule has 0 saturated heterocycles. The number of hydrogen-bond donors (Lipinski definition) is 1. The molecule has 0 spiro atoms. The Morgan fingerprint density at radius 3 is 2.66 bits per heavy atom. The van der Waals surface area contributed by atoms with Gasteiger partial charge in [0.1, 0.15) is 18.2 Å². The second-order valence-corrected chi connectivity index (χ2v) is 8.34. The number of non-ortho nitro benzene ring substituents is 1. The lowest BCUT2D eigenvalue weighted by Crippen LogP contribution is -2.13. The molecule has 3 aromatic rings. The van der Waals surface area contributed by atoms with Crippen LogP contribution in [0.25, 0.3) is 6.08 Å². The summed E-state index contributed by atoms with van der Waals surface area (Å²) in [6.07, 6.45) is 1.42. The number of carbonyl (C=O) groups is 1. The maximum Gasteiger partial charge on any atom is 0.269 e. The fourth-order valence-corrected chi connectivity index (χ4v) is 3.81. The Kier molecular flexibility index (Phi) is 8.84. The predicted octanol–water partition coefficient (Wildman–Crippen LogP) is 6.53. The van der Waals surface area contributed by atoms with Crippen LogP contribution in [-0.2, 0) is 11.4 Å². The van der Waals surface area contributed by atoms with Crippen molar-refractivity contribution in [3.8, 4) is 17.6 Å². The molecule has 3 rings (SSSR count). The van der Waals surface area contributed by atoms with Crippen LogP contribution in [0.15, 0.2) is 70.7 Å². The minimum atomic E-state index is -0.610. The lowest BCUT2D eigenvalue weighted by Gasteiger charge is -2.15. The Hall–Kier alpha value is -3.87. The van der Waals surface area contributed by atoms with Crippen LogP contribution in [0.1, 0.15) is 18.1 Å². The van der Waals surface area contributed by atoms with Gasteiger partial charge in [0.15, 0.2) is 11.5 Å². The zero-order chi connectivity index (χ0) is 25.4. The van der Waals surface area contributed by atoms with Crippen LogP contribution in [0.4, 0.5) is 11.4 Å². The van der Waals surface area contributed by atoms with Crippen LogP contribution in [0, 0.1) is 21.4 Å². The second kappa shape index (κ2) is 12.0. The second-order valence-electron chi connectivity index (χ2n) is 7.08. The van der Waals surface area contributed by atoms with Crippen LogP contribution >= 0.6 is 27.5 Å². The molecule has 3 aromatic carbocycles. The number of halogens is 2. The number of nitro groups is 1. The average Bonchev–Trinajstić information content (AvgIpc) is 2.83. The van der Waals surface area contributed by atoms with Gasteiger partial charge in [0.05, 0.1) is 26.7 Å². The van der Waals surface area contributed by atoms with Crippen LogP contribution < -0.4 is 14.8 Å². The summed E-state index contributed by atoms with van der Waals surface area (Å²) in [5.41, 5.74) is 1.36. The number of rotatable bonds is 9. The first-order chi connectivity index (χ1) is 16.8. The van der Waals surface area contributed by atoms with E-state index in [1.165, 1.54) is 18.2 Å². The Morgan fingerprint density at radius 1 is 1.20 bits per heavy atom. The largest absolute Gasteiger partial charge is 0.490 e. The first kappa shape index (κ1) is 25.7. The van der Waals surface area contributed by atoms with E-state index in [2.05, 4.69) is 21.2 Å². The number of ether oxygens (including phenoxy) is 2. The minimum absolute atomic E-state index is 0.0326. The first-order valence-electron chi connectivity index (χ1n) is 10.3. The first-order valence-corrected chi connectivity index (χ1v) is 11.5. The van der Waals surface area contributed by atoms with E-state index >= 15 is 0 Å². The van der Waals surface area contributed by atoms with E-state index in [1.54, 1.807) is 55.5 Å². The molecule has 1 amide bonds. The molecule has 178 valence electrons. The molecule has 0 unspecified atom stereocenters. The summed E-state index contributed by atoms with van der Waals surface area (Å²) in [5, 5.41) is 23.5. The van der Waals surface area contributed by atoms with E-state index in [4.69, 9.17) is 21.1 Å². The van der Waals surface area contributed by atoms with Crippen LogP contribution in [0.2, 0.25) is 5.02 Å². The molecule has 0 heterocycles. The molecule has 10 heteroatoms. The Morgan fingerprint density at radius 2 is 1.97 bits per heavy atom.